The quantitative estimate of drug-likeness (QED) is 0.813. The first-order valence-corrected chi connectivity index (χ1v) is 4.89. The van der Waals surface area contributed by atoms with E-state index in [0.29, 0.717) is 16.5 Å². The van der Waals surface area contributed by atoms with Gasteiger partial charge in [0.25, 0.3) is 0 Å². The molecule has 2 N–H and O–H groups in total. The maximum atomic E-state index is 8.66. The zero-order valence-corrected chi connectivity index (χ0v) is 9.05. The third-order valence-corrected chi connectivity index (χ3v) is 2.53. The van der Waals surface area contributed by atoms with E-state index in [1.807, 2.05) is 26.0 Å². The van der Waals surface area contributed by atoms with Crippen LogP contribution in [0.3, 0.4) is 0 Å². The van der Waals surface area contributed by atoms with Crippen molar-refractivity contribution < 1.29 is 0 Å². The van der Waals surface area contributed by atoms with E-state index in [-0.39, 0.29) is 6.04 Å². The largest absolute Gasteiger partial charge is 0.324 e. The Morgan fingerprint density at radius 1 is 1.43 bits per heavy atom. The minimum absolute atomic E-state index is 0.0738. The molecule has 0 aliphatic rings. The third-order valence-electron chi connectivity index (χ3n) is 2.21. The summed E-state index contributed by atoms with van der Waals surface area (Å²) in [5.41, 5.74) is 7.43. The molecule has 74 valence electrons. The van der Waals surface area contributed by atoms with Crippen molar-refractivity contribution in [3.63, 3.8) is 0 Å². The fourth-order valence-corrected chi connectivity index (χ4v) is 1.53. The van der Waals surface area contributed by atoms with Gasteiger partial charge in [-0.1, -0.05) is 31.5 Å². The summed E-state index contributed by atoms with van der Waals surface area (Å²) in [5, 5.41) is 9.24. The van der Waals surface area contributed by atoms with Crippen molar-refractivity contribution in [1.82, 2.24) is 0 Å². The van der Waals surface area contributed by atoms with Crippen molar-refractivity contribution in [3.8, 4) is 6.07 Å². The van der Waals surface area contributed by atoms with Crippen molar-refractivity contribution in [3.05, 3.63) is 34.3 Å². The summed E-state index contributed by atoms with van der Waals surface area (Å²) < 4.78 is 0. The summed E-state index contributed by atoms with van der Waals surface area (Å²) >= 11 is 6.02. The van der Waals surface area contributed by atoms with E-state index < -0.39 is 0 Å². The molecule has 1 rings (SSSR count). The second-order valence-corrected chi connectivity index (χ2v) is 4.03. The standard InChI is InChI=1S/C11H13ClN2/c1-7(2)11(14)9-4-3-8(6-13)5-10(9)12/h3-5,7,11H,14H2,1-2H3. The molecule has 0 aliphatic carbocycles. The Hall–Kier alpha value is -1.04. The lowest BCUT2D eigenvalue weighted by Gasteiger charge is -2.17. The molecule has 2 nitrogen and oxygen atoms in total. The van der Waals surface area contributed by atoms with Crippen molar-refractivity contribution in [2.75, 3.05) is 0 Å². The highest BCUT2D eigenvalue weighted by Crippen LogP contribution is 2.26. The molecule has 0 amide bonds. The average molecular weight is 209 g/mol. The molecular weight excluding hydrogens is 196 g/mol. The molecule has 0 saturated carbocycles. The number of nitrogens with two attached hydrogens (primary N) is 1. The minimum atomic E-state index is -0.0738. The predicted molar refractivity (Wildman–Crippen MR) is 57.9 cm³/mol. The van der Waals surface area contributed by atoms with Crippen molar-refractivity contribution in [2.45, 2.75) is 19.9 Å². The first-order valence-electron chi connectivity index (χ1n) is 4.51. The number of rotatable bonds is 2. The van der Waals surface area contributed by atoms with Gasteiger partial charge in [0.15, 0.2) is 0 Å². The van der Waals surface area contributed by atoms with Gasteiger partial charge in [0.1, 0.15) is 0 Å². The monoisotopic (exact) mass is 208 g/mol. The summed E-state index contributed by atoms with van der Waals surface area (Å²) in [7, 11) is 0. The first-order chi connectivity index (χ1) is 6.56. The van der Waals surface area contributed by atoms with Crippen molar-refractivity contribution in [1.29, 1.82) is 5.26 Å². The summed E-state index contributed by atoms with van der Waals surface area (Å²) in [6.07, 6.45) is 0. The Morgan fingerprint density at radius 3 is 2.50 bits per heavy atom. The lowest BCUT2D eigenvalue weighted by atomic mass is 9.96. The smallest absolute Gasteiger partial charge is 0.0992 e. The average Bonchev–Trinajstić information content (AvgIpc) is 2.16. The summed E-state index contributed by atoms with van der Waals surface area (Å²) in [4.78, 5) is 0. The van der Waals surface area contributed by atoms with Gasteiger partial charge in [-0.05, 0) is 23.6 Å². The number of hydrogen-bond donors (Lipinski definition) is 1. The molecule has 14 heavy (non-hydrogen) atoms. The Kier molecular flexibility index (Phi) is 3.51. The molecule has 1 aromatic carbocycles. The predicted octanol–water partition coefficient (Wildman–Crippen LogP) is 2.87. The molecule has 1 aromatic rings. The van der Waals surface area contributed by atoms with Crippen LogP contribution in [0.5, 0.6) is 0 Å². The van der Waals surface area contributed by atoms with Crippen LogP contribution in [0.4, 0.5) is 0 Å². The SMILES string of the molecule is CC(C)C(N)c1ccc(C#N)cc1Cl. The van der Waals surface area contributed by atoms with Crippen LogP contribution >= 0.6 is 11.6 Å². The Labute approximate surface area is 89.3 Å². The Bertz CT molecular complexity index is 366. The molecule has 1 atom stereocenters. The van der Waals surface area contributed by atoms with Gasteiger partial charge in [0.2, 0.25) is 0 Å². The third kappa shape index (κ3) is 2.25. The van der Waals surface area contributed by atoms with Crippen LogP contribution in [0.1, 0.15) is 31.0 Å². The maximum absolute atomic E-state index is 8.66. The van der Waals surface area contributed by atoms with Crippen molar-refractivity contribution in [2.24, 2.45) is 11.7 Å². The first kappa shape index (κ1) is 11.0. The summed E-state index contributed by atoms with van der Waals surface area (Å²) in [6.45, 7) is 4.08. The van der Waals surface area contributed by atoms with Gasteiger partial charge >= 0.3 is 0 Å². The molecule has 0 aromatic heterocycles. The van der Waals surface area contributed by atoms with Crippen LogP contribution < -0.4 is 5.73 Å². The zero-order valence-electron chi connectivity index (χ0n) is 8.29. The maximum Gasteiger partial charge on any atom is 0.0992 e. The topological polar surface area (TPSA) is 49.8 Å². The minimum Gasteiger partial charge on any atom is -0.324 e. The van der Waals surface area contributed by atoms with Gasteiger partial charge in [0, 0.05) is 11.1 Å². The van der Waals surface area contributed by atoms with E-state index in [9.17, 15) is 0 Å². The molecular formula is C11H13ClN2. The number of nitriles is 1. The van der Waals surface area contributed by atoms with Gasteiger partial charge < -0.3 is 5.73 Å². The van der Waals surface area contributed by atoms with E-state index >= 15 is 0 Å². The molecule has 0 radical (unpaired) electrons. The van der Waals surface area contributed by atoms with Crippen LogP contribution in [0.2, 0.25) is 5.02 Å². The second-order valence-electron chi connectivity index (χ2n) is 3.62. The fraction of sp³-hybridized carbons (Fsp3) is 0.364. The molecule has 0 bridgehead atoms. The number of nitrogens with zero attached hydrogens (tertiary/aromatic N) is 1. The van der Waals surface area contributed by atoms with Crippen LogP contribution in [-0.2, 0) is 0 Å². The van der Waals surface area contributed by atoms with Gasteiger partial charge in [0.05, 0.1) is 11.6 Å². The summed E-state index contributed by atoms with van der Waals surface area (Å²) in [5.74, 6) is 0.334. The lowest BCUT2D eigenvalue weighted by molar-refractivity contribution is 0.514. The van der Waals surface area contributed by atoms with Crippen LogP contribution in [0.25, 0.3) is 0 Å². The van der Waals surface area contributed by atoms with Gasteiger partial charge in [-0.25, -0.2) is 0 Å². The van der Waals surface area contributed by atoms with Crippen LogP contribution in [0.15, 0.2) is 18.2 Å². The zero-order chi connectivity index (χ0) is 10.7. The highest BCUT2D eigenvalue weighted by Gasteiger charge is 2.13. The highest BCUT2D eigenvalue weighted by molar-refractivity contribution is 6.31. The molecule has 0 saturated heterocycles. The van der Waals surface area contributed by atoms with E-state index in [1.54, 1.807) is 12.1 Å². The second kappa shape index (κ2) is 4.45. The Balaban J connectivity index is 3.07. The highest BCUT2D eigenvalue weighted by atomic mass is 35.5. The molecule has 0 heterocycles. The van der Waals surface area contributed by atoms with Crippen molar-refractivity contribution >= 4 is 11.6 Å². The van der Waals surface area contributed by atoms with E-state index in [0.717, 1.165) is 5.56 Å². The fourth-order valence-electron chi connectivity index (χ4n) is 1.23. The number of benzene rings is 1. The lowest BCUT2D eigenvalue weighted by Crippen LogP contribution is -2.17. The van der Waals surface area contributed by atoms with Crippen LogP contribution in [0, 0.1) is 17.2 Å². The van der Waals surface area contributed by atoms with Gasteiger partial charge in [-0.2, -0.15) is 5.26 Å². The van der Waals surface area contributed by atoms with Crippen LogP contribution in [-0.4, -0.2) is 0 Å². The van der Waals surface area contributed by atoms with Gasteiger partial charge in [-0.15, -0.1) is 0 Å². The normalized spacial score (nSPS) is 12.6. The van der Waals surface area contributed by atoms with E-state index in [4.69, 9.17) is 22.6 Å². The number of halogens is 1. The van der Waals surface area contributed by atoms with E-state index in [1.165, 1.54) is 0 Å². The van der Waals surface area contributed by atoms with E-state index in [2.05, 4.69) is 0 Å². The Morgan fingerprint density at radius 2 is 2.07 bits per heavy atom. The van der Waals surface area contributed by atoms with Gasteiger partial charge in [-0.3, -0.25) is 0 Å². The molecule has 1 unspecified atom stereocenters. The number of hydrogen-bond acceptors (Lipinski definition) is 2. The molecule has 0 fully saturated rings. The summed E-state index contributed by atoms with van der Waals surface area (Å²) in [6, 6.07) is 7.18. The molecule has 0 spiro atoms. The molecule has 3 heteroatoms. The molecule has 0 aliphatic heterocycles.